The summed E-state index contributed by atoms with van der Waals surface area (Å²) in [4.78, 5) is 17.3. The Hall–Kier alpha value is -3.51. The maximum atomic E-state index is 12.4. The topological polar surface area (TPSA) is 65.4 Å². The normalized spacial score (nSPS) is 11.0. The number of fused-ring (bicyclic) bond motifs is 1. The number of carbonyl (C=O) groups is 1. The number of aromatic nitrogens is 2. The Labute approximate surface area is 217 Å². The predicted molar refractivity (Wildman–Crippen MR) is 144 cm³/mol. The molecule has 1 heterocycles. The number of hydrogen-bond acceptors (Lipinski definition) is 4. The molecule has 0 aliphatic rings. The van der Waals surface area contributed by atoms with Crippen molar-refractivity contribution >= 4 is 28.5 Å². The van der Waals surface area contributed by atoms with Crippen molar-refractivity contribution in [2.75, 3.05) is 20.3 Å². The quantitative estimate of drug-likeness (QED) is 0.266. The number of benzene rings is 3. The summed E-state index contributed by atoms with van der Waals surface area (Å²) in [5, 5.41) is 3.81. The summed E-state index contributed by atoms with van der Waals surface area (Å²) >= 11 is 6.27. The van der Waals surface area contributed by atoms with Crippen molar-refractivity contribution in [2.45, 2.75) is 39.7 Å². The molecule has 4 aromatic rings. The van der Waals surface area contributed by atoms with E-state index in [0.29, 0.717) is 26.0 Å². The molecule has 1 aromatic heterocycles. The molecular weight excluding hydrogens is 474 g/mol. The summed E-state index contributed by atoms with van der Waals surface area (Å²) in [6.07, 6.45) is 1.82. The molecule has 0 saturated heterocycles. The standard InChI is InChI=1S/C29H32ClN3O3/c1-20-17-24(18-21(2)29(20)30)36-16-6-15-33-26-8-5-4-7-25(26)32-27(33)13-14-31-28(34)19-22-9-11-23(35-3)12-10-22/h4-5,7-12,17-18H,6,13-16,19H2,1-3H3,(H,31,34). The molecule has 1 amide bonds. The molecule has 6 nitrogen and oxygen atoms in total. The Morgan fingerprint density at radius 1 is 1.03 bits per heavy atom. The number of amides is 1. The molecule has 0 bridgehead atoms. The highest BCUT2D eigenvalue weighted by Gasteiger charge is 2.12. The van der Waals surface area contributed by atoms with Crippen LogP contribution in [0.1, 0.15) is 28.9 Å². The van der Waals surface area contributed by atoms with Crippen molar-refractivity contribution in [1.29, 1.82) is 0 Å². The summed E-state index contributed by atoms with van der Waals surface area (Å²) < 4.78 is 13.4. The van der Waals surface area contributed by atoms with Crippen molar-refractivity contribution in [1.82, 2.24) is 14.9 Å². The molecule has 0 saturated carbocycles. The third kappa shape index (κ3) is 6.38. The number of imidazole rings is 1. The van der Waals surface area contributed by atoms with Crippen LogP contribution in [-0.2, 0) is 24.2 Å². The SMILES string of the molecule is COc1ccc(CC(=O)NCCc2nc3ccccc3n2CCCOc2cc(C)c(Cl)c(C)c2)cc1. The monoisotopic (exact) mass is 505 g/mol. The van der Waals surface area contributed by atoms with E-state index in [1.165, 1.54) is 0 Å². The molecule has 0 unspecified atom stereocenters. The summed E-state index contributed by atoms with van der Waals surface area (Å²) in [5.74, 6) is 2.57. The van der Waals surface area contributed by atoms with E-state index in [9.17, 15) is 4.79 Å². The maximum Gasteiger partial charge on any atom is 0.224 e. The molecule has 0 fully saturated rings. The highest BCUT2D eigenvalue weighted by molar-refractivity contribution is 6.32. The largest absolute Gasteiger partial charge is 0.497 e. The number of nitrogens with zero attached hydrogens (tertiary/aromatic N) is 2. The molecule has 0 aliphatic heterocycles. The van der Waals surface area contributed by atoms with Crippen LogP contribution in [0.3, 0.4) is 0 Å². The predicted octanol–water partition coefficient (Wildman–Crippen LogP) is 5.69. The van der Waals surface area contributed by atoms with Gasteiger partial charge in [-0.15, -0.1) is 0 Å². The fourth-order valence-corrected chi connectivity index (χ4v) is 4.38. The minimum atomic E-state index is -0.00946. The fraction of sp³-hybridized carbons (Fsp3) is 0.310. The smallest absolute Gasteiger partial charge is 0.224 e. The molecule has 0 spiro atoms. The molecule has 1 N–H and O–H groups in total. The van der Waals surface area contributed by atoms with Crippen LogP contribution in [0.5, 0.6) is 11.5 Å². The van der Waals surface area contributed by atoms with E-state index in [2.05, 4.69) is 16.0 Å². The molecule has 0 atom stereocenters. The number of ether oxygens (including phenoxy) is 2. The summed E-state index contributed by atoms with van der Waals surface area (Å²) in [7, 11) is 1.63. The number of aryl methyl sites for hydroxylation is 3. The molecular formula is C29H32ClN3O3. The van der Waals surface area contributed by atoms with Gasteiger partial charge in [0.05, 0.1) is 31.2 Å². The minimum Gasteiger partial charge on any atom is -0.497 e. The lowest BCUT2D eigenvalue weighted by Crippen LogP contribution is -2.28. The van der Waals surface area contributed by atoms with E-state index in [1.54, 1.807) is 7.11 Å². The van der Waals surface area contributed by atoms with E-state index < -0.39 is 0 Å². The minimum absolute atomic E-state index is 0.00946. The maximum absolute atomic E-state index is 12.4. The Bertz CT molecular complexity index is 1310. The summed E-state index contributed by atoms with van der Waals surface area (Å²) in [6, 6.07) is 19.6. The first-order chi connectivity index (χ1) is 17.4. The number of para-hydroxylation sites is 2. The first kappa shape index (κ1) is 25.6. The molecule has 36 heavy (non-hydrogen) atoms. The zero-order chi connectivity index (χ0) is 25.5. The van der Waals surface area contributed by atoms with E-state index in [-0.39, 0.29) is 5.91 Å². The van der Waals surface area contributed by atoms with Gasteiger partial charge in [0.15, 0.2) is 0 Å². The third-order valence-electron chi connectivity index (χ3n) is 6.13. The number of rotatable bonds is 11. The van der Waals surface area contributed by atoms with Crippen molar-refractivity contribution < 1.29 is 14.3 Å². The Morgan fingerprint density at radius 2 is 1.75 bits per heavy atom. The average molecular weight is 506 g/mol. The van der Waals surface area contributed by atoms with Crippen molar-refractivity contribution in [3.05, 3.63) is 88.2 Å². The van der Waals surface area contributed by atoms with Gasteiger partial charge in [-0.1, -0.05) is 35.9 Å². The highest BCUT2D eigenvalue weighted by atomic mass is 35.5. The van der Waals surface area contributed by atoms with Crippen LogP contribution in [0, 0.1) is 13.8 Å². The van der Waals surface area contributed by atoms with Gasteiger partial charge in [-0.25, -0.2) is 4.98 Å². The first-order valence-electron chi connectivity index (χ1n) is 12.2. The fourth-order valence-electron chi connectivity index (χ4n) is 4.27. The second-order valence-electron chi connectivity index (χ2n) is 8.87. The van der Waals surface area contributed by atoms with Gasteiger partial charge in [0, 0.05) is 24.5 Å². The lowest BCUT2D eigenvalue weighted by molar-refractivity contribution is -0.120. The Morgan fingerprint density at radius 3 is 2.47 bits per heavy atom. The number of hydrogen-bond donors (Lipinski definition) is 1. The molecule has 188 valence electrons. The third-order valence-corrected chi connectivity index (χ3v) is 6.73. The van der Waals surface area contributed by atoms with Gasteiger partial charge in [0.2, 0.25) is 5.91 Å². The highest BCUT2D eigenvalue weighted by Crippen LogP contribution is 2.26. The number of carbonyl (C=O) groups excluding carboxylic acids is 1. The first-order valence-corrected chi connectivity index (χ1v) is 12.6. The molecule has 0 radical (unpaired) electrons. The van der Waals surface area contributed by atoms with Crippen LogP contribution in [-0.4, -0.2) is 35.7 Å². The molecule has 3 aromatic carbocycles. The second kappa shape index (κ2) is 12.0. The Balaban J connectivity index is 1.33. The molecule has 4 rings (SSSR count). The van der Waals surface area contributed by atoms with Crippen LogP contribution >= 0.6 is 11.6 Å². The zero-order valence-electron chi connectivity index (χ0n) is 21.0. The summed E-state index contributed by atoms with van der Waals surface area (Å²) in [5.41, 5.74) is 5.04. The lowest BCUT2D eigenvalue weighted by Gasteiger charge is -2.12. The molecule has 0 aliphatic carbocycles. The van der Waals surface area contributed by atoms with Gasteiger partial charge in [-0.05, 0) is 73.4 Å². The van der Waals surface area contributed by atoms with Crippen LogP contribution in [0.2, 0.25) is 5.02 Å². The van der Waals surface area contributed by atoms with Crippen molar-refractivity contribution in [2.24, 2.45) is 0 Å². The Kier molecular flexibility index (Phi) is 8.49. The summed E-state index contributed by atoms with van der Waals surface area (Å²) in [6.45, 7) is 5.87. The zero-order valence-corrected chi connectivity index (χ0v) is 21.8. The number of methoxy groups -OCH3 is 1. The van der Waals surface area contributed by atoms with Gasteiger partial charge in [0.1, 0.15) is 17.3 Å². The van der Waals surface area contributed by atoms with Crippen LogP contribution in [0.25, 0.3) is 11.0 Å². The average Bonchev–Trinajstić information content (AvgIpc) is 3.22. The van der Waals surface area contributed by atoms with Gasteiger partial charge >= 0.3 is 0 Å². The van der Waals surface area contributed by atoms with Crippen molar-refractivity contribution in [3.8, 4) is 11.5 Å². The number of nitrogens with one attached hydrogen (secondary N) is 1. The van der Waals surface area contributed by atoms with E-state index in [4.69, 9.17) is 26.1 Å². The van der Waals surface area contributed by atoms with E-state index >= 15 is 0 Å². The molecule has 7 heteroatoms. The van der Waals surface area contributed by atoms with Gasteiger partial charge < -0.3 is 19.4 Å². The number of halogens is 1. The van der Waals surface area contributed by atoms with Gasteiger partial charge in [0.25, 0.3) is 0 Å². The van der Waals surface area contributed by atoms with Crippen LogP contribution in [0.4, 0.5) is 0 Å². The van der Waals surface area contributed by atoms with Crippen LogP contribution < -0.4 is 14.8 Å². The van der Waals surface area contributed by atoms with Crippen LogP contribution in [0.15, 0.2) is 60.7 Å². The van der Waals surface area contributed by atoms with Crippen molar-refractivity contribution in [3.63, 3.8) is 0 Å². The van der Waals surface area contributed by atoms with Gasteiger partial charge in [-0.2, -0.15) is 0 Å². The van der Waals surface area contributed by atoms with E-state index in [0.717, 1.165) is 63.0 Å². The van der Waals surface area contributed by atoms with Gasteiger partial charge in [-0.3, -0.25) is 4.79 Å². The van der Waals surface area contributed by atoms with E-state index in [1.807, 2.05) is 68.4 Å². The lowest BCUT2D eigenvalue weighted by atomic mass is 10.1. The second-order valence-corrected chi connectivity index (χ2v) is 9.24.